The second kappa shape index (κ2) is 16.4. The molecule has 0 saturated carbocycles. The van der Waals surface area contributed by atoms with Crippen molar-refractivity contribution in [2.24, 2.45) is 0 Å². The van der Waals surface area contributed by atoms with E-state index in [1.54, 1.807) is 0 Å². The number of likely N-dealkylation sites (tertiary alicyclic amines) is 1. The first-order valence-electron chi connectivity index (χ1n) is 16.5. The van der Waals surface area contributed by atoms with Crippen LogP contribution in [0.15, 0.2) is 109 Å². The van der Waals surface area contributed by atoms with Gasteiger partial charge in [0.05, 0.1) is 39.1 Å². The quantitative estimate of drug-likeness (QED) is 0.150. The molecule has 2 heterocycles. The highest BCUT2D eigenvalue weighted by Crippen LogP contribution is 2.30. The maximum atomic E-state index is 15.4. The van der Waals surface area contributed by atoms with Gasteiger partial charge in [0.2, 0.25) is 0 Å². The SMILES string of the molecule is C[C@@H]1[C@@H](OCc2ccccc2)[C@H](OCc2ccccc2)[C@@H](OCc2ccccc2)CN1CCc1c(F)cc(C2=CCOCC2)cc1F. The average Bonchev–Trinajstić information content (AvgIpc) is 3.11. The molecule has 6 rings (SSSR count). The molecule has 246 valence electrons. The molecule has 0 spiro atoms. The van der Waals surface area contributed by atoms with E-state index in [2.05, 4.69) is 11.8 Å². The van der Waals surface area contributed by atoms with Crippen molar-refractivity contribution in [2.45, 2.75) is 63.9 Å². The molecule has 0 aromatic heterocycles. The van der Waals surface area contributed by atoms with Crippen LogP contribution in [-0.4, -0.2) is 55.6 Å². The Hall–Kier alpha value is -3.72. The van der Waals surface area contributed by atoms with Crippen LogP contribution in [-0.2, 0) is 45.2 Å². The fourth-order valence-electron chi connectivity index (χ4n) is 6.46. The number of nitrogens with zero attached hydrogens (tertiary/aromatic N) is 1. The van der Waals surface area contributed by atoms with E-state index in [1.165, 1.54) is 12.1 Å². The number of benzene rings is 4. The Morgan fingerprint density at radius 3 is 1.79 bits per heavy atom. The van der Waals surface area contributed by atoms with Crippen LogP contribution in [0.5, 0.6) is 0 Å². The third-order valence-corrected chi connectivity index (χ3v) is 9.16. The van der Waals surface area contributed by atoms with E-state index < -0.39 is 11.6 Å². The van der Waals surface area contributed by atoms with E-state index in [9.17, 15) is 0 Å². The molecule has 2 aliphatic heterocycles. The molecule has 0 aliphatic carbocycles. The minimum absolute atomic E-state index is 0.0968. The van der Waals surface area contributed by atoms with E-state index in [0.717, 1.165) is 22.3 Å². The summed E-state index contributed by atoms with van der Waals surface area (Å²) in [6.45, 7) is 5.34. The predicted molar refractivity (Wildman–Crippen MR) is 180 cm³/mol. The van der Waals surface area contributed by atoms with Crippen LogP contribution in [0.1, 0.15) is 41.2 Å². The van der Waals surface area contributed by atoms with Crippen molar-refractivity contribution in [3.05, 3.63) is 149 Å². The lowest BCUT2D eigenvalue weighted by molar-refractivity contribution is -0.200. The summed E-state index contributed by atoms with van der Waals surface area (Å²) in [7, 11) is 0. The lowest BCUT2D eigenvalue weighted by atomic mass is 9.93. The van der Waals surface area contributed by atoms with Gasteiger partial charge in [-0.2, -0.15) is 0 Å². The first-order valence-corrected chi connectivity index (χ1v) is 16.5. The van der Waals surface area contributed by atoms with Crippen molar-refractivity contribution in [1.29, 1.82) is 0 Å². The van der Waals surface area contributed by atoms with Crippen molar-refractivity contribution >= 4 is 5.57 Å². The average molecular weight is 640 g/mol. The Bertz CT molecular complexity index is 1560. The first-order chi connectivity index (χ1) is 23.0. The summed E-state index contributed by atoms with van der Waals surface area (Å²) in [5.74, 6) is -1.04. The molecular weight excluding hydrogens is 596 g/mol. The molecular formula is C40H43F2NO4. The molecule has 0 radical (unpaired) electrons. The Morgan fingerprint density at radius 2 is 1.26 bits per heavy atom. The Kier molecular flexibility index (Phi) is 11.6. The minimum atomic E-state index is -0.519. The molecule has 7 heteroatoms. The van der Waals surface area contributed by atoms with E-state index >= 15 is 8.78 Å². The highest BCUT2D eigenvalue weighted by molar-refractivity contribution is 5.66. The molecule has 2 aliphatic rings. The van der Waals surface area contributed by atoms with Crippen molar-refractivity contribution in [3.8, 4) is 0 Å². The lowest BCUT2D eigenvalue weighted by Gasteiger charge is -2.47. The molecule has 4 atom stereocenters. The molecule has 0 bridgehead atoms. The zero-order chi connectivity index (χ0) is 32.4. The van der Waals surface area contributed by atoms with Crippen LogP contribution in [0.25, 0.3) is 5.57 Å². The van der Waals surface area contributed by atoms with E-state index in [1.807, 2.05) is 97.1 Å². The normalized spacial score (nSPS) is 21.8. The highest BCUT2D eigenvalue weighted by Gasteiger charge is 2.44. The number of piperidine rings is 1. The standard InChI is InChI=1S/C40H43F2NO4/c1-29-39(46-27-31-13-7-3-8-14-31)40(47-28-32-15-9-4-10-16-32)38(45-26-30-11-5-2-6-12-30)25-43(29)20-17-35-36(41)23-34(24-37(35)42)33-18-21-44-22-19-33/h2-16,18,23-24,29,38-40H,17,19-22,25-28H2,1H3/t29-,38+,39-,40-/m1/s1. The zero-order valence-corrected chi connectivity index (χ0v) is 26.9. The monoisotopic (exact) mass is 639 g/mol. The smallest absolute Gasteiger partial charge is 0.129 e. The maximum absolute atomic E-state index is 15.4. The van der Waals surface area contributed by atoms with Gasteiger partial charge < -0.3 is 18.9 Å². The summed E-state index contributed by atoms with van der Waals surface area (Å²) < 4.78 is 56.1. The van der Waals surface area contributed by atoms with Gasteiger partial charge in [0.15, 0.2) is 0 Å². The lowest BCUT2D eigenvalue weighted by Crippen LogP contribution is -2.62. The summed E-state index contributed by atoms with van der Waals surface area (Å²) in [6.07, 6.45) is 1.70. The molecule has 5 nitrogen and oxygen atoms in total. The zero-order valence-electron chi connectivity index (χ0n) is 26.9. The van der Waals surface area contributed by atoms with Crippen LogP contribution in [0, 0.1) is 11.6 Å². The minimum Gasteiger partial charge on any atom is -0.377 e. The fraction of sp³-hybridized carbons (Fsp3) is 0.350. The first kappa shape index (κ1) is 33.2. The van der Waals surface area contributed by atoms with Gasteiger partial charge in [-0.3, -0.25) is 4.90 Å². The van der Waals surface area contributed by atoms with Crippen LogP contribution in [0.4, 0.5) is 8.78 Å². The van der Waals surface area contributed by atoms with E-state index in [0.29, 0.717) is 58.1 Å². The second-order valence-corrected chi connectivity index (χ2v) is 12.3. The van der Waals surface area contributed by atoms with Gasteiger partial charge in [0.25, 0.3) is 0 Å². The third-order valence-electron chi connectivity index (χ3n) is 9.16. The number of hydrogen-bond acceptors (Lipinski definition) is 5. The number of hydrogen-bond donors (Lipinski definition) is 0. The summed E-state index contributed by atoms with van der Waals surface area (Å²) in [5, 5.41) is 0. The Labute approximate surface area is 276 Å². The summed E-state index contributed by atoms with van der Waals surface area (Å²) >= 11 is 0. The van der Waals surface area contributed by atoms with Gasteiger partial charge in [-0.25, -0.2) is 8.78 Å². The van der Waals surface area contributed by atoms with Gasteiger partial charge in [-0.05, 0) is 59.7 Å². The summed E-state index contributed by atoms with van der Waals surface area (Å²) in [6, 6.07) is 33.0. The van der Waals surface area contributed by atoms with Crippen molar-refractivity contribution in [3.63, 3.8) is 0 Å². The third kappa shape index (κ3) is 8.80. The molecule has 4 aromatic carbocycles. The Morgan fingerprint density at radius 1 is 0.723 bits per heavy atom. The topological polar surface area (TPSA) is 40.2 Å². The molecule has 4 aromatic rings. The molecule has 0 N–H and O–H groups in total. The van der Waals surface area contributed by atoms with Crippen LogP contribution < -0.4 is 0 Å². The van der Waals surface area contributed by atoms with E-state index in [4.69, 9.17) is 18.9 Å². The number of halogens is 2. The molecule has 1 fully saturated rings. The number of rotatable bonds is 13. The van der Waals surface area contributed by atoms with Gasteiger partial charge in [-0.15, -0.1) is 0 Å². The second-order valence-electron chi connectivity index (χ2n) is 12.3. The van der Waals surface area contributed by atoms with Crippen molar-refractivity contribution < 1.29 is 27.7 Å². The summed E-state index contributed by atoms with van der Waals surface area (Å²) in [4.78, 5) is 2.22. The maximum Gasteiger partial charge on any atom is 0.129 e. The van der Waals surface area contributed by atoms with Crippen LogP contribution >= 0.6 is 0 Å². The molecule has 0 amide bonds. The predicted octanol–water partition coefficient (Wildman–Crippen LogP) is 7.77. The van der Waals surface area contributed by atoms with Gasteiger partial charge >= 0.3 is 0 Å². The van der Waals surface area contributed by atoms with E-state index in [-0.39, 0.29) is 36.3 Å². The van der Waals surface area contributed by atoms with Gasteiger partial charge in [0, 0.05) is 24.7 Å². The molecule has 47 heavy (non-hydrogen) atoms. The molecule has 1 saturated heterocycles. The van der Waals surface area contributed by atoms with Gasteiger partial charge in [0.1, 0.15) is 23.8 Å². The fourth-order valence-corrected chi connectivity index (χ4v) is 6.46. The van der Waals surface area contributed by atoms with Crippen LogP contribution in [0.2, 0.25) is 0 Å². The summed E-state index contributed by atoms with van der Waals surface area (Å²) in [5.41, 5.74) is 4.79. The van der Waals surface area contributed by atoms with Crippen LogP contribution in [0.3, 0.4) is 0 Å². The molecule has 0 unspecified atom stereocenters. The van der Waals surface area contributed by atoms with Crippen molar-refractivity contribution in [2.75, 3.05) is 26.3 Å². The highest BCUT2D eigenvalue weighted by atomic mass is 19.1. The van der Waals surface area contributed by atoms with Gasteiger partial charge in [-0.1, -0.05) is 97.1 Å². The largest absolute Gasteiger partial charge is 0.377 e. The van der Waals surface area contributed by atoms with Crippen molar-refractivity contribution in [1.82, 2.24) is 4.90 Å². The number of ether oxygens (including phenoxy) is 4. The Balaban J connectivity index is 1.23.